The topological polar surface area (TPSA) is 161 Å². The van der Waals surface area contributed by atoms with Gasteiger partial charge in [-0.05, 0) is 0 Å². The normalized spacial score (nSPS) is 16.4. The Hall–Kier alpha value is -0.520. The zero-order chi connectivity index (χ0) is 17.6. The van der Waals surface area contributed by atoms with Crippen molar-refractivity contribution in [3.63, 3.8) is 0 Å². The van der Waals surface area contributed by atoms with Crippen LogP contribution in [-0.2, 0) is 19.2 Å². The van der Waals surface area contributed by atoms with E-state index in [1.165, 1.54) is 0 Å². The maximum atomic E-state index is 11.5. The highest BCUT2D eigenvalue weighted by Crippen LogP contribution is 2.29. The molecule has 0 amide bonds. The van der Waals surface area contributed by atoms with Crippen LogP contribution in [0.2, 0.25) is 0 Å². The molecule has 0 heterocycles. The zero-order valence-electron chi connectivity index (χ0n) is 11.1. The number of carboxylic acid groups (broad SMARTS) is 2. The molecular weight excluding hydrogens is 379 g/mol. The van der Waals surface area contributed by atoms with E-state index in [4.69, 9.17) is 44.9 Å². The lowest BCUT2D eigenvalue weighted by Gasteiger charge is -2.24. The molecule has 0 aliphatic carbocycles. The summed E-state index contributed by atoms with van der Waals surface area (Å²) in [5, 5.41) is 18.0. The summed E-state index contributed by atoms with van der Waals surface area (Å²) in [5.41, 5.74) is 6.58. The van der Waals surface area contributed by atoms with Crippen LogP contribution in [0.1, 0.15) is 0 Å². The smallest absolute Gasteiger partial charge is 0.332 e. The molecule has 12 heteroatoms. The monoisotopic (exact) mass is 392 g/mol. The number of carboxylic acids is 2. The van der Waals surface area contributed by atoms with Crippen LogP contribution >= 0.6 is 44.8 Å². The third kappa shape index (κ3) is 5.00. The summed E-state index contributed by atoms with van der Waals surface area (Å²) >= 11 is 10.6. The number of hydrogen-bond donors (Lipinski definition) is 4. The number of halogens is 2. The Morgan fingerprint density at radius 2 is 1.09 bits per heavy atom. The van der Waals surface area contributed by atoms with E-state index >= 15 is 0 Å². The minimum Gasteiger partial charge on any atom is -0.480 e. The summed E-state index contributed by atoms with van der Waals surface area (Å²) in [4.78, 5) is 45.1. The molecule has 0 aliphatic rings. The lowest BCUT2D eigenvalue weighted by molar-refractivity contribution is -0.148. The number of alkyl halides is 2. The van der Waals surface area contributed by atoms with E-state index in [-0.39, 0.29) is 11.5 Å². The molecule has 0 saturated carbocycles. The molecule has 8 nitrogen and oxygen atoms in total. The van der Waals surface area contributed by atoms with Crippen LogP contribution < -0.4 is 11.5 Å². The molecule has 0 rings (SSSR count). The molecule has 6 N–H and O–H groups in total. The van der Waals surface area contributed by atoms with Crippen LogP contribution in [0.15, 0.2) is 0 Å². The Kier molecular flexibility index (Phi) is 8.73. The first-order valence-electron chi connectivity index (χ1n) is 5.53. The number of rotatable bonds is 11. The van der Waals surface area contributed by atoms with Crippen molar-refractivity contribution < 1.29 is 29.4 Å². The number of nitrogens with two attached hydrogens (primary N) is 2. The SMILES string of the molecule is N[C@@](CSSC[C@](N)(C(=O)O)C(=O)CCl)(C(=O)O)C(=O)CCl. The van der Waals surface area contributed by atoms with Crippen molar-refractivity contribution in [1.82, 2.24) is 0 Å². The van der Waals surface area contributed by atoms with Gasteiger partial charge in [0.05, 0.1) is 11.8 Å². The molecule has 0 aromatic heterocycles. The van der Waals surface area contributed by atoms with Crippen molar-refractivity contribution in [3.05, 3.63) is 0 Å². The van der Waals surface area contributed by atoms with Crippen molar-refractivity contribution in [1.29, 1.82) is 0 Å². The second-order valence-electron chi connectivity index (χ2n) is 4.19. The van der Waals surface area contributed by atoms with Crippen molar-refractivity contribution in [2.75, 3.05) is 23.3 Å². The molecule has 0 aromatic carbocycles. The van der Waals surface area contributed by atoms with Gasteiger partial charge in [0, 0.05) is 11.5 Å². The van der Waals surface area contributed by atoms with Crippen molar-refractivity contribution in [2.45, 2.75) is 11.1 Å². The Morgan fingerprint density at radius 1 is 0.818 bits per heavy atom. The average Bonchev–Trinajstić information content (AvgIpc) is 2.48. The fraction of sp³-hybridized carbons (Fsp3) is 0.600. The highest BCUT2D eigenvalue weighted by atomic mass is 35.5. The highest BCUT2D eigenvalue weighted by Gasteiger charge is 2.43. The molecule has 0 aliphatic heterocycles. The highest BCUT2D eigenvalue weighted by molar-refractivity contribution is 8.76. The van der Waals surface area contributed by atoms with Gasteiger partial charge in [0.2, 0.25) is 0 Å². The standard InChI is InChI=1S/C10H14Cl2N2O6S2/c11-1-5(15)9(13,7(17)18)3-21-22-4-10(14,8(19)20)6(16)2-12/h1-4,13-14H2,(H,17,18)(H,19,20)/t9-,10-/m1/s1. The summed E-state index contributed by atoms with van der Waals surface area (Å²) in [6.07, 6.45) is 0. The van der Waals surface area contributed by atoms with Crippen LogP contribution in [0.3, 0.4) is 0 Å². The molecule has 0 unspecified atom stereocenters. The van der Waals surface area contributed by atoms with Crippen LogP contribution in [0.4, 0.5) is 0 Å². The lowest BCUT2D eigenvalue weighted by Crippen LogP contribution is -2.58. The second-order valence-corrected chi connectivity index (χ2v) is 7.19. The average molecular weight is 393 g/mol. The first-order valence-corrected chi connectivity index (χ1v) is 9.09. The number of ketones is 2. The fourth-order valence-corrected chi connectivity index (χ4v) is 4.23. The summed E-state index contributed by atoms with van der Waals surface area (Å²) in [5.74, 6) is -6.77. The Morgan fingerprint density at radius 3 is 1.27 bits per heavy atom. The molecule has 0 spiro atoms. The molecule has 0 radical (unpaired) electrons. The predicted octanol–water partition coefficient (Wildman–Crippen LogP) is -0.452. The third-order valence-corrected chi connectivity index (χ3v) is 5.66. The van der Waals surface area contributed by atoms with Gasteiger partial charge in [0.15, 0.2) is 22.6 Å². The maximum Gasteiger partial charge on any atom is 0.332 e. The van der Waals surface area contributed by atoms with Crippen LogP contribution in [0.25, 0.3) is 0 Å². The number of hydrogen-bond acceptors (Lipinski definition) is 8. The van der Waals surface area contributed by atoms with Crippen molar-refractivity contribution in [3.8, 4) is 0 Å². The first-order chi connectivity index (χ1) is 10.1. The molecule has 0 fully saturated rings. The van der Waals surface area contributed by atoms with Crippen molar-refractivity contribution >= 4 is 68.3 Å². The van der Waals surface area contributed by atoms with Gasteiger partial charge in [-0.2, -0.15) is 0 Å². The number of aliphatic carboxylic acids is 2. The minimum atomic E-state index is -2.20. The van der Waals surface area contributed by atoms with Gasteiger partial charge in [-0.15, -0.1) is 23.2 Å². The summed E-state index contributed by atoms with van der Waals surface area (Å²) in [6.45, 7) is 0. The van der Waals surface area contributed by atoms with E-state index in [0.717, 1.165) is 21.6 Å². The summed E-state index contributed by atoms with van der Waals surface area (Å²) in [7, 11) is 1.59. The molecular formula is C10H14Cl2N2O6S2. The second kappa shape index (κ2) is 8.94. The Labute approximate surface area is 143 Å². The number of Topliss-reactive ketones (excluding diaryl/α,β-unsaturated/α-hetero) is 2. The minimum absolute atomic E-state index is 0.372. The summed E-state index contributed by atoms with van der Waals surface area (Å²) in [6, 6.07) is 0. The largest absolute Gasteiger partial charge is 0.480 e. The Balaban J connectivity index is 4.76. The number of carbonyl (C=O) groups is 4. The lowest BCUT2D eigenvalue weighted by atomic mass is 9.99. The molecule has 0 saturated heterocycles. The Bertz CT molecular complexity index is 438. The van der Waals surface area contributed by atoms with Crippen molar-refractivity contribution in [2.24, 2.45) is 11.5 Å². The van der Waals surface area contributed by atoms with Gasteiger partial charge >= 0.3 is 11.9 Å². The predicted molar refractivity (Wildman–Crippen MR) is 85.5 cm³/mol. The number of carbonyl (C=O) groups excluding carboxylic acids is 2. The zero-order valence-corrected chi connectivity index (χ0v) is 14.2. The van der Waals surface area contributed by atoms with Crippen LogP contribution in [0, 0.1) is 0 Å². The van der Waals surface area contributed by atoms with E-state index < -0.39 is 46.3 Å². The third-order valence-electron chi connectivity index (χ3n) is 2.66. The van der Waals surface area contributed by atoms with Gasteiger partial charge < -0.3 is 21.7 Å². The van der Waals surface area contributed by atoms with E-state index in [0.29, 0.717) is 0 Å². The van der Waals surface area contributed by atoms with Gasteiger partial charge in [-0.3, -0.25) is 9.59 Å². The quantitative estimate of drug-likeness (QED) is 0.157. The molecule has 0 aromatic rings. The van der Waals surface area contributed by atoms with E-state index in [1.807, 2.05) is 0 Å². The van der Waals surface area contributed by atoms with E-state index in [9.17, 15) is 19.2 Å². The van der Waals surface area contributed by atoms with Gasteiger partial charge in [0.25, 0.3) is 0 Å². The molecule has 0 bridgehead atoms. The van der Waals surface area contributed by atoms with E-state index in [1.54, 1.807) is 0 Å². The van der Waals surface area contributed by atoms with Crippen LogP contribution in [0.5, 0.6) is 0 Å². The molecule has 2 atom stereocenters. The van der Waals surface area contributed by atoms with Crippen LogP contribution in [-0.4, -0.2) is 68.1 Å². The van der Waals surface area contributed by atoms with Gasteiger partial charge in [-0.25, -0.2) is 9.59 Å². The first kappa shape index (κ1) is 21.5. The molecule has 126 valence electrons. The fourth-order valence-electron chi connectivity index (χ4n) is 1.03. The van der Waals surface area contributed by atoms with Gasteiger partial charge in [-0.1, -0.05) is 21.6 Å². The summed E-state index contributed by atoms with van der Waals surface area (Å²) < 4.78 is 0. The van der Waals surface area contributed by atoms with Gasteiger partial charge in [0.1, 0.15) is 0 Å². The molecule has 22 heavy (non-hydrogen) atoms. The van der Waals surface area contributed by atoms with E-state index in [2.05, 4.69) is 0 Å². The maximum absolute atomic E-state index is 11.5.